The van der Waals surface area contributed by atoms with Crippen molar-refractivity contribution < 1.29 is 4.79 Å². The summed E-state index contributed by atoms with van der Waals surface area (Å²) in [6.07, 6.45) is 2.88. The molecule has 2 aliphatic rings. The first-order chi connectivity index (χ1) is 12.8. The molecule has 1 spiro atoms. The monoisotopic (exact) mass is 370 g/mol. The molecular formula is C22H34N4O. The molecule has 0 saturated carbocycles. The second-order valence-corrected chi connectivity index (χ2v) is 8.90. The number of carbonyl (C=O) groups excluding carboxylic acids is 1. The van der Waals surface area contributed by atoms with Crippen LogP contribution in [0.1, 0.15) is 51.2 Å². The summed E-state index contributed by atoms with van der Waals surface area (Å²) in [5.41, 5.74) is 2.66. The number of hydrogen-bond acceptors (Lipinski definition) is 2. The molecule has 0 radical (unpaired) electrons. The van der Waals surface area contributed by atoms with Crippen molar-refractivity contribution in [3.05, 3.63) is 35.4 Å². The van der Waals surface area contributed by atoms with E-state index in [1.807, 2.05) is 0 Å². The molecule has 2 saturated heterocycles. The van der Waals surface area contributed by atoms with E-state index in [1.54, 1.807) is 0 Å². The third-order valence-corrected chi connectivity index (χ3v) is 5.95. The Bertz CT molecular complexity index is 695. The molecule has 148 valence electrons. The highest BCUT2D eigenvalue weighted by Gasteiger charge is 2.42. The summed E-state index contributed by atoms with van der Waals surface area (Å²) in [5, 5.41) is 6.50. The summed E-state index contributed by atoms with van der Waals surface area (Å²) in [6.45, 7) is 13.0. The Kier molecular flexibility index (Phi) is 5.78. The van der Waals surface area contributed by atoms with Gasteiger partial charge in [-0.05, 0) is 32.3 Å². The average molecular weight is 371 g/mol. The number of likely N-dealkylation sites (tertiary alicyclic amines) is 1. The van der Waals surface area contributed by atoms with Gasteiger partial charge in [-0.1, -0.05) is 43.7 Å². The topological polar surface area (TPSA) is 56.7 Å². The van der Waals surface area contributed by atoms with Gasteiger partial charge >= 0.3 is 0 Å². The van der Waals surface area contributed by atoms with E-state index in [2.05, 4.69) is 67.5 Å². The van der Waals surface area contributed by atoms with Crippen molar-refractivity contribution in [2.75, 3.05) is 32.7 Å². The quantitative estimate of drug-likeness (QED) is 0.633. The molecule has 27 heavy (non-hydrogen) atoms. The van der Waals surface area contributed by atoms with Crippen molar-refractivity contribution in [2.45, 2.75) is 52.4 Å². The van der Waals surface area contributed by atoms with Crippen LogP contribution in [-0.4, -0.2) is 49.5 Å². The van der Waals surface area contributed by atoms with Crippen LogP contribution in [0.5, 0.6) is 0 Å². The largest absolute Gasteiger partial charge is 0.357 e. The number of aryl methyl sites for hydroxylation is 1. The summed E-state index contributed by atoms with van der Waals surface area (Å²) >= 11 is 0. The molecule has 0 bridgehead atoms. The maximum absolute atomic E-state index is 11.8. The summed E-state index contributed by atoms with van der Waals surface area (Å²) in [4.78, 5) is 19.1. The van der Waals surface area contributed by atoms with Crippen LogP contribution in [0.3, 0.4) is 0 Å². The Morgan fingerprint density at radius 2 is 2.07 bits per heavy atom. The third-order valence-electron chi connectivity index (χ3n) is 5.95. The van der Waals surface area contributed by atoms with Gasteiger partial charge < -0.3 is 15.5 Å². The van der Waals surface area contributed by atoms with Gasteiger partial charge in [0.15, 0.2) is 5.96 Å². The molecule has 2 heterocycles. The van der Waals surface area contributed by atoms with Gasteiger partial charge in [-0.25, -0.2) is 0 Å². The van der Waals surface area contributed by atoms with Crippen molar-refractivity contribution in [2.24, 2.45) is 10.4 Å². The zero-order chi connectivity index (χ0) is 19.5. The zero-order valence-electron chi connectivity index (χ0n) is 17.3. The minimum atomic E-state index is -0.0211. The molecule has 2 fully saturated rings. The summed E-state index contributed by atoms with van der Waals surface area (Å²) in [5.74, 6) is 1.18. The Labute approximate surface area is 163 Å². The fourth-order valence-electron chi connectivity index (χ4n) is 4.22. The van der Waals surface area contributed by atoms with Crippen LogP contribution in [0.15, 0.2) is 29.3 Å². The Hall–Kier alpha value is -2.04. The number of carbonyl (C=O) groups is 1. The van der Waals surface area contributed by atoms with Crippen molar-refractivity contribution in [3.63, 3.8) is 0 Å². The minimum absolute atomic E-state index is 0.0211. The Balaban J connectivity index is 1.74. The number of aliphatic imine (C=N–C) groups is 1. The predicted molar refractivity (Wildman–Crippen MR) is 111 cm³/mol. The minimum Gasteiger partial charge on any atom is -0.357 e. The van der Waals surface area contributed by atoms with Gasteiger partial charge in [0.25, 0.3) is 0 Å². The first-order valence-corrected chi connectivity index (χ1v) is 10.2. The second kappa shape index (κ2) is 7.91. The van der Waals surface area contributed by atoms with Crippen LogP contribution in [0.2, 0.25) is 0 Å². The summed E-state index contributed by atoms with van der Waals surface area (Å²) in [7, 11) is 0. The molecule has 1 atom stereocenters. The molecule has 1 aromatic carbocycles. The molecule has 1 unspecified atom stereocenters. The van der Waals surface area contributed by atoms with Crippen LogP contribution in [0, 0.1) is 12.3 Å². The van der Waals surface area contributed by atoms with Crippen molar-refractivity contribution in [1.82, 2.24) is 15.5 Å². The second-order valence-electron chi connectivity index (χ2n) is 8.90. The van der Waals surface area contributed by atoms with E-state index in [0.29, 0.717) is 6.42 Å². The van der Waals surface area contributed by atoms with Crippen LogP contribution >= 0.6 is 0 Å². The van der Waals surface area contributed by atoms with E-state index in [1.165, 1.54) is 11.1 Å². The van der Waals surface area contributed by atoms with Crippen molar-refractivity contribution in [3.8, 4) is 0 Å². The predicted octanol–water partition coefficient (Wildman–Crippen LogP) is 2.84. The highest BCUT2D eigenvalue weighted by Crippen LogP contribution is 2.36. The number of hydrogen-bond donors (Lipinski definition) is 2. The molecular weight excluding hydrogens is 336 g/mol. The smallest absolute Gasteiger partial charge is 0.220 e. The third kappa shape index (κ3) is 4.63. The fraction of sp³-hybridized carbons (Fsp3) is 0.636. The number of rotatable bonds is 4. The van der Waals surface area contributed by atoms with Gasteiger partial charge in [-0.2, -0.15) is 0 Å². The molecule has 5 heteroatoms. The highest BCUT2D eigenvalue weighted by molar-refractivity contribution is 5.81. The molecule has 2 N–H and O–H groups in total. The number of piperidine rings is 1. The zero-order valence-corrected chi connectivity index (χ0v) is 17.3. The number of nitrogens with zero attached hydrogens (tertiary/aromatic N) is 2. The first-order valence-electron chi connectivity index (χ1n) is 10.2. The van der Waals surface area contributed by atoms with Crippen molar-refractivity contribution >= 4 is 11.9 Å². The standard InChI is InChI=1S/C22H34N4O/c1-5-23-20(25-14-21(3,4)18-9-7-17(2)8-10-18)26-12-6-11-22(16-26)13-19(27)24-15-22/h7-10H,5-6,11-16H2,1-4H3,(H,23,25)(H,24,27). The van der Waals surface area contributed by atoms with E-state index in [0.717, 1.165) is 51.5 Å². The van der Waals surface area contributed by atoms with Crippen LogP contribution < -0.4 is 10.6 Å². The highest BCUT2D eigenvalue weighted by atomic mass is 16.1. The van der Waals surface area contributed by atoms with Gasteiger partial charge in [0.1, 0.15) is 0 Å². The van der Waals surface area contributed by atoms with Gasteiger partial charge in [-0.15, -0.1) is 0 Å². The average Bonchev–Trinajstić information content (AvgIpc) is 2.98. The van der Waals surface area contributed by atoms with Gasteiger partial charge in [0.05, 0.1) is 6.54 Å². The van der Waals surface area contributed by atoms with Crippen LogP contribution in [0.4, 0.5) is 0 Å². The molecule has 1 aromatic rings. The molecule has 1 amide bonds. The molecule has 0 aromatic heterocycles. The van der Waals surface area contributed by atoms with E-state index >= 15 is 0 Å². The molecule has 5 nitrogen and oxygen atoms in total. The number of guanidine groups is 1. The van der Waals surface area contributed by atoms with E-state index in [-0.39, 0.29) is 16.7 Å². The van der Waals surface area contributed by atoms with E-state index < -0.39 is 0 Å². The molecule has 2 aliphatic heterocycles. The van der Waals surface area contributed by atoms with Crippen molar-refractivity contribution in [1.29, 1.82) is 0 Å². The SMILES string of the molecule is CCNC(=NCC(C)(C)c1ccc(C)cc1)N1CCCC2(CNC(=O)C2)C1. The lowest BCUT2D eigenvalue weighted by molar-refractivity contribution is -0.119. The van der Waals surface area contributed by atoms with Crippen LogP contribution in [-0.2, 0) is 10.2 Å². The summed E-state index contributed by atoms with van der Waals surface area (Å²) in [6, 6.07) is 8.77. The number of nitrogens with one attached hydrogen (secondary N) is 2. The number of amides is 1. The maximum atomic E-state index is 11.8. The summed E-state index contributed by atoms with van der Waals surface area (Å²) < 4.78 is 0. The maximum Gasteiger partial charge on any atom is 0.220 e. The van der Waals surface area contributed by atoms with Gasteiger partial charge in [0, 0.05) is 43.4 Å². The normalized spacial score (nSPS) is 23.6. The first kappa shape index (κ1) is 19.7. The Morgan fingerprint density at radius 3 is 2.70 bits per heavy atom. The fourth-order valence-corrected chi connectivity index (χ4v) is 4.22. The van der Waals surface area contributed by atoms with E-state index in [9.17, 15) is 4.79 Å². The van der Waals surface area contributed by atoms with E-state index in [4.69, 9.17) is 4.99 Å². The lowest BCUT2D eigenvalue weighted by atomic mass is 9.79. The Morgan fingerprint density at radius 1 is 1.33 bits per heavy atom. The number of benzene rings is 1. The lowest BCUT2D eigenvalue weighted by Gasteiger charge is -2.41. The van der Waals surface area contributed by atoms with Gasteiger partial charge in [0.2, 0.25) is 5.91 Å². The molecule has 3 rings (SSSR count). The lowest BCUT2D eigenvalue weighted by Crippen LogP contribution is -2.51. The van der Waals surface area contributed by atoms with Gasteiger partial charge in [-0.3, -0.25) is 9.79 Å². The molecule has 0 aliphatic carbocycles. The van der Waals surface area contributed by atoms with Crippen LogP contribution in [0.25, 0.3) is 0 Å².